The summed E-state index contributed by atoms with van der Waals surface area (Å²) in [6, 6.07) is 9.87. The van der Waals surface area contributed by atoms with E-state index in [4.69, 9.17) is 11.6 Å². The lowest BCUT2D eigenvalue weighted by molar-refractivity contribution is 0.183. The predicted octanol–water partition coefficient (Wildman–Crippen LogP) is 5.00. The van der Waals surface area contributed by atoms with E-state index >= 15 is 0 Å². The number of nitrogens with one attached hydrogen (secondary N) is 1. The normalized spacial score (nSPS) is 37.5. The van der Waals surface area contributed by atoms with E-state index < -0.39 is 0 Å². The van der Waals surface area contributed by atoms with E-state index in [1.54, 1.807) is 0 Å². The molecule has 110 valence electrons. The van der Waals surface area contributed by atoms with Crippen LogP contribution in [0.4, 0.5) is 0 Å². The maximum atomic E-state index is 6.08. The van der Waals surface area contributed by atoms with Gasteiger partial charge in [-0.1, -0.05) is 37.6 Å². The van der Waals surface area contributed by atoms with Gasteiger partial charge in [-0.05, 0) is 67.6 Å². The summed E-state index contributed by atoms with van der Waals surface area (Å²) in [7, 11) is 0. The highest BCUT2D eigenvalue weighted by atomic mass is 35.5. The maximum absolute atomic E-state index is 6.08. The van der Waals surface area contributed by atoms with E-state index in [1.165, 1.54) is 37.7 Å². The van der Waals surface area contributed by atoms with E-state index in [-0.39, 0.29) is 0 Å². The molecule has 2 aliphatic carbocycles. The van der Waals surface area contributed by atoms with Crippen molar-refractivity contribution in [3.05, 3.63) is 34.9 Å². The number of benzene rings is 1. The Morgan fingerprint density at radius 3 is 2.50 bits per heavy atom. The van der Waals surface area contributed by atoms with Gasteiger partial charge in [0.1, 0.15) is 0 Å². The van der Waals surface area contributed by atoms with Crippen molar-refractivity contribution in [3.63, 3.8) is 0 Å². The average Bonchev–Trinajstić information content (AvgIpc) is 2.37. The molecule has 1 aromatic rings. The van der Waals surface area contributed by atoms with Gasteiger partial charge in [0.15, 0.2) is 0 Å². The fraction of sp³-hybridized carbons (Fsp3) is 0.667. The molecule has 3 atom stereocenters. The van der Waals surface area contributed by atoms with Gasteiger partial charge >= 0.3 is 0 Å². The lowest BCUT2D eigenvalue weighted by Gasteiger charge is -2.41. The molecule has 0 aliphatic heterocycles. The first-order valence-electron chi connectivity index (χ1n) is 8.13. The molecule has 0 aromatic heterocycles. The molecule has 2 fully saturated rings. The Bertz CT molecular complexity index is 452. The van der Waals surface area contributed by atoms with Gasteiger partial charge in [-0.3, -0.25) is 0 Å². The molecule has 2 heteroatoms. The van der Waals surface area contributed by atoms with Crippen LogP contribution in [0.1, 0.15) is 57.4 Å². The molecule has 1 nitrogen and oxygen atoms in total. The molecule has 0 heterocycles. The molecule has 20 heavy (non-hydrogen) atoms. The standard InChI is InChI=1S/C18H26ClN/c1-12-6-7-17(8-13(12)2)20-18-10-15(11-18)14-4-3-5-16(19)9-14/h3-5,9,12-13,15,17-18,20H,6-8,10-11H2,1-2H3. The van der Waals surface area contributed by atoms with Gasteiger partial charge in [0.2, 0.25) is 0 Å². The Morgan fingerprint density at radius 1 is 1.00 bits per heavy atom. The molecule has 3 unspecified atom stereocenters. The summed E-state index contributed by atoms with van der Waals surface area (Å²) >= 11 is 6.08. The molecular weight excluding hydrogens is 266 g/mol. The smallest absolute Gasteiger partial charge is 0.0408 e. The highest BCUT2D eigenvalue weighted by Gasteiger charge is 2.33. The Hall–Kier alpha value is -0.530. The summed E-state index contributed by atoms with van der Waals surface area (Å²) in [6.45, 7) is 4.81. The van der Waals surface area contributed by atoms with Gasteiger partial charge in [-0.15, -0.1) is 0 Å². The third-order valence-electron chi connectivity index (χ3n) is 5.53. The highest BCUT2D eigenvalue weighted by Crippen LogP contribution is 2.39. The van der Waals surface area contributed by atoms with Crippen LogP contribution in [0.25, 0.3) is 0 Å². The fourth-order valence-electron chi connectivity index (χ4n) is 3.82. The van der Waals surface area contributed by atoms with Crippen molar-refractivity contribution in [2.45, 2.75) is 64.0 Å². The minimum atomic E-state index is 0.714. The van der Waals surface area contributed by atoms with E-state index in [9.17, 15) is 0 Å². The summed E-state index contributed by atoms with van der Waals surface area (Å²) < 4.78 is 0. The van der Waals surface area contributed by atoms with Crippen molar-refractivity contribution in [1.82, 2.24) is 5.32 Å². The minimum Gasteiger partial charge on any atom is -0.311 e. The van der Waals surface area contributed by atoms with Gasteiger partial charge in [0.25, 0.3) is 0 Å². The monoisotopic (exact) mass is 291 g/mol. The molecule has 0 saturated heterocycles. The van der Waals surface area contributed by atoms with E-state index in [0.717, 1.165) is 28.9 Å². The van der Waals surface area contributed by atoms with Gasteiger partial charge in [0, 0.05) is 17.1 Å². The van der Waals surface area contributed by atoms with Crippen molar-refractivity contribution in [3.8, 4) is 0 Å². The van der Waals surface area contributed by atoms with Crippen molar-refractivity contribution in [2.75, 3.05) is 0 Å². The molecule has 2 saturated carbocycles. The van der Waals surface area contributed by atoms with Crippen molar-refractivity contribution in [1.29, 1.82) is 0 Å². The zero-order valence-corrected chi connectivity index (χ0v) is 13.4. The van der Waals surface area contributed by atoms with Crippen LogP contribution >= 0.6 is 11.6 Å². The summed E-state index contributed by atoms with van der Waals surface area (Å²) in [5.74, 6) is 2.50. The van der Waals surface area contributed by atoms with E-state index in [1.807, 2.05) is 6.07 Å². The van der Waals surface area contributed by atoms with Crippen LogP contribution in [0.3, 0.4) is 0 Å². The quantitative estimate of drug-likeness (QED) is 0.826. The second-order valence-corrected chi connectivity index (χ2v) is 7.49. The summed E-state index contributed by atoms with van der Waals surface area (Å²) in [4.78, 5) is 0. The largest absolute Gasteiger partial charge is 0.311 e. The third-order valence-corrected chi connectivity index (χ3v) is 5.76. The SMILES string of the molecule is CC1CCC(NC2CC(c3cccc(Cl)c3)C2)CC1C. The van der Waals surface area contributed by atoms with E-state index in [0.29, 0.717) is 5.92 Å². The Labute approximate surface area is 128 Å². The molecule has 0 amide bonds. The molecule has 1 N–H and O–H groups in total. The predicted molar refractivity (Wildman–Crippen MR) is 86.3 cm³/mol. The van der Waals surface area contributed by atoms with Crippen LogP contribution in [0.5, 0.6) is 0 Å². The van der Waals surface area contributed by atoms with Gasteiger partial charge in [-0.2, -0.15) is 0 Å². The number of hydrogen-bond donors (Lipinski definition) is 1. The van der Waals surface area contributed by atoms with Crippen molar-refractivity contribution < 1.29 is 0 Å². The summed E-state index contributed by atoms with van der Waals surface area (Å²) in [6.07, 6.45) is 6.67. The molecule has 1 aromatic carbocycles. The highest BCUT2D eigenvalue weighted by molar-refractivity contribution is 6.30. The molecule has 0 bridgehead atoms. The van der Waals surface area contributed by atoms with Crippen molar-refractivity contribution >= 4 is 11.6 Å². The van der Waals surface area contributed by atoms with Gasteiger partial charge in [-0.25, -0.2) is 0 Å². The molecule has 2 aliphatic rings. The van der Waals surface area contributed by atoms with Crippen LogP contribution in [0, 0.1) is 11.8 Å². The first kappa shape index (κ1) is 14.4. The molecule has 0 radical (unpaired) electrons. The fourth-order valence-corrected chi connectivity index (χ4v) is 4.02. The summed E-state index contributed by atoms with van der Waals surface area (Å²) in [5.41, 5.74) is 1.42. The second-order valence-electron chi connectivity index (χ2n) is 7.05. The van der Waals surface area contributed by atoms with Crippen LogP contribution in [0.15, 0.2) is 24.3 Å². The lowest BCUT2D eigenvalue weighted by atomic mass is 9.74. The second kappa shape index (κ2) is 6.07. The van der Waals surface area contributed by atoms with Crippen LogP contribution in [-0.4, -0.2) is 12.1 Å². The first-order chi connectivity index (χ1) is 9.61. The number of halogens is 1. The zero-order chi connectivity index (χ0) is 14.1. The minimum absolute atomic E-state index is 0.714. The molecule has 0 spiro atoms. The van der Waals surface area contributed by atoms with Gasteiger partial charge < -0.3 is 5.32 Å². The average molecular weight is 292 g/mol. The third kappa shape index (κ3) is 3.20. The first-order valence-corrected chi connectivity index (χ1v) is 8.51. The topological polar surface area (TPSA) is 12.0 Å². The number of hydrogen-bond acceptors (Lipinski definition) is 1. The van der Waals surface area contributed by atoms with Gasteiger partial charge in [0.05, 0.1) is 0 Å². The maximum Gasteiger partial charge on any atom is 0.0408 e. The van der Waals surface area contributed by atoms with Crippen LogP contribution in [-0.2, 0) is 0 Å². The number of rotatable bonds is 3. The Kier molecular flexibility index (Phi) is 4.37. The lowest BCUT2D eigenvalue weighted by Crippen LogP contribution is -2.47. The van der Waals surface area contributed by atoms with Crippen molar-refractivity contribution in [2.24, 2.45) is 11.8 Å². The summed E-state index contributed by atoms with van der Waals surface area (Å²) in [5, 5.41) is 4.76. The van der Waals surface area contributed by atoms with E-state index in [2.05, 4.69) is 37.4 Å². The Morgan fingerprint density at radius 2 is 1.80 bits per heavy atom. The Balaban J connectivity index is 1.47. The molecular formula is C18H26ClN. The van der Waals surface area contributed by atoms with Crippen LogP contribution in [0.2, 0.25) is 5.02 Å². The molecule has 3 rings (SSSR count). The van der Waals surface area contributed by atoms with Crippen LogP contribution < -0.4 is 5.32 Å². The zero-order valence-electron chi connectivity index (χ0n) is 12.6.